The minimum atomic E-state index is 0.887. The van der Waals surface area contributed by atoms with Gasteiger partial charge in [0.15, 0.2) is 0 Å². The van der Waals surface area contributed by atoms with Gasteiger partial charge < -0.3 is 0 Å². The van der Waals surface area contributed by atoms with Crippen LogP contribution >= 0.6 is 0 Å². The first-order valence-corrected chi connectivity index (χ1v) is 3.85. The van der Waals surface area contributed by atoms with Crippen molar-refractivity contribution >= 4 is 18.3 Å². The Labute approximate surface area is 73.7 Å². The first kappa shape index (κ1) is 10.8. The standard InChI is InChI=1S/C9H15N3/c1-5-10-7-11-6-9(4)12-8(2)3/h5-7H,1-4H3/b9-6+,10-5?,11-7?. The number of aliphatic imine (C=N–C) groups is 3. The lowest BCUT2D eigenvalue weighted by molar-refractivity contribution is 1.25. The van der Waals surface area contributed by atoms with E-state index in [1.165, 1.54) is 6.34 Å². The predicted octanol–water partition coefficient (Wildman–Crippen LogP) is 2.45. The van der Waals surface area contributed by atoms with E-state index < -0.39 is 0 Å². The van der Waals surface area contributed by atoms with Crippen LogP contribution in [0.25, 0.3) is 0 Å². The molecule has 0 aliphatic rings. The number of rotatable bonds is 3. The maximum absolute atomic E-state index is 4.19. The lowest BCUT2D eigenvalue weighted by Gasteiger charge is -1.89. The third kappa shape index (κ3) is 6.86. The second kappa shape index (κ2) is 6.46. The second-order valence-corrected chi connectivity index (χ2v) is 2.50. The largest absolute Gasteiger partial charge is 0.262 e. The molecule has 0 amide bonds. The Balaban J connectivity index is 4.10. The number of hydrogen-bond acceptors (Lipinski definition) is 2. The van der Waals surface area contributed by atoms with Gasteiger partial charge in [-0.25, -0.2) is 9.98 Å². The maximum Gasteiger partial charge on any atom is 0.114 e. The topological polar surface area (TPSA) is 37.1 Å². The van der Waals surface area contributed by atoms with E-state index in [0.717, 1.165) is 11.4 Å². The van der Waals surface area contributed by atoms with Crippen molar-refractivity contribution in [3.63, 3.8) is 0 Å². The zero-order chi connectivity index (χ0) is 9.40. The minimum Gasteiger partial charge on any atom is -0.262 e. The summed E-state index contributed by atoms with van der Waals surface area (Å²) < 4.78 is 0. The van der Waals surface area contributed by atoms with Crippen LogP contribution in [0.15, 0.2) is 26.9 Å². The maximum atomic E-state index is 4.19. The van der Waals surface area contributed by atoms with Crippen molar-refractivity contribution in [2.45, 2.75) is 27.7 Å². The van der Waals surface area contributed by atoms with Crippen molar-refractivity contribution in [1.82, 2.24) is 0 Å². The molecule has 0 aromatic heterocycles. The SMILES string of the molecule is CC=NC=N/C=C(\C)N=C(C)C. The van der Waals surface area contributed by atoms with Gasteiger partial charge in [0, 0.05) is 18.1 Å². The Morgan fingerprint density at radius 2 is 1.75 bits per heavy atom. The first-order chi connectivity index (χ1) is 5.66. The normalized spacial score (nSPS) is 12.8. The Bertz CT molecular complexity index is 230. The van der Waals surface area contributed by atoms with Gasteiger partial charge in [-0.15, -0.1) is 0 Å². The fourth-order valence-corrected chi connectivity index (χ4v) is 0.628. The molecule has 66 valence electrons. The van der Waals surface area contributed by atoms with Gasteiger partial charge in [0.05, 0.1) is 5.70 Å². The molecule has 0 heterocycles. The summed E-state index contributed by atoms with van der Waals surface area (Å²) in [7, 11) is 0. The molecule has 0 saturated carbocycles. The molecule has 0 bridgehead atoms. The smallest absolute Gasteiger partial charge is 0.114 e. The van der Waals surface area contributed by atoms with Crippen LogP contribution in [0.4, 0.5) is 0 Å². The van der Waals surface area contributed by atoms with Crippen LogP contribution < -0.4 is 0 Å². The summed E-state index contributed by atoms with van der Waals surface area (Å²) in [6, 6.07) is 0. The molecule has 0 rings (SSSR count). The highest BCUT2D eigenvalue weighted by atomic mass is 14.9. The van der Waals surface area contributed by atoms with Crippen LogP contribution in [-0.2, 0) is 0 Å². The Morgan fingerprint density at radius 3 is 2.25 bits per heavy atom. The molecule has 0 fully saturated rings. The summed E-state index contributed by atoms with van der Waals surface area (Å²) in [6.07, 6.45) is 4.85. The van der Waals surface area contributed by atoms with E-state index in [1.54, 1.807) is 12.4 Å². The van der Waals surface area contributed by atoms with Gasteiger partial charge >= 0.3 is 0 Å². The van der Waals surface area contributed by atoms with E-state index in [1.807, 2.05) is 27.7 Å². The van der Waals surface area contributed by atoms with Gasteiger partial charge in [-0.1, -0.05) is 0 Å². The van der Waals surface area contributed by atoms with E-state index in [-0.39, 0.29) is 0 Å². The zero-order valence-corrected chi connectivity index (χ0v) is 8.07. The highest BCUT2D eigenvalue weighted by Crippen LogP contribution is 1.94. The lowest BCUT2D eigenvalue weighted by Crippen LogP contribution is -1.80. The summed E-state index contributed by atoms with van der Waals surface area (Å²) >= 11 is 0. The van der Waals surface area contributed by atoms with Crippen molar-refractivity contribution in [3.8, 4) is 0 Å². The molecule has 0 aromatic rings. The van der Waals surface area contributed by atoms with E-state index in [4.69, 9.17) is 0 Å². The zero-order valence-electron chi connectivity index (χ0n) is 8.07. The van der Waals surface area contributed by atoms with Crippen LogP contribution in [0.1, 0.15) is 27.7 Å². The molecule has 0 aliphatic carbocycles. The average molecular weight is 165 g/mol. The minimum absolute atomic E-state index is 0.887. The molecule has 12 heavy (non-hydrogen) atoms. The van der Waals surface area contributed by atoms with Crippen molar-refractivity contribution in [1.29, 1.82) is 0 Å². The molecule has 3 nitrogen and oxygen atoms in total. The summed E-state index contributed by atoms with van der Waals surface area (Å²) in [5, 5.41) is 0. The highest BCUT2D eigenvalue weighted by molar-refractivity contribution is 5.80. The highest BCUT2D eigenvalue weighted by Gasteiger charge is 1.81. The number of hydrogen-bond donors (Lipinski definition) is 0. The summed E-state index contributed by atoms with van der Waals surface area (Å²) in [6.45, 7) is 7.65. The molecule has 0 N–H and O–H groups in total. The molecule has 0 radical (unpaired) electrons. The summed E-state index contributed by atoms with van der Waals surface area (Å²) in [4.78, 5) is 11.9. The van der Waals surface area contributed by atoms with Crippen LogP contribution in [-0.4, -0.2) is 18.3 Å². The fourth-order valence-electron chi connectivity index (χ4n) is 0.628. The van der Waals surface area contributed by atoms with Crippen LogP contribution in [0.3, 0.4) is 0 Å². The third-order valence-corrected chi connectivity index (χ3v) is 0.944. The molecule has 0 aromatic carbocycles. The van der Waals surface area contributed by atoms with Gasteiger partial charge in [-0.2, -0.15) is 0 Å². The van der Waals surface area contributed by atoms with E-state index in [9.17, 15) is 0 Å². The predicted molar refractivity (Wildman–Crippen MR) is 55.2 cm³/mol. The molecule has 0 spiro atoms. The average Bonchev–Trinajstić information content (AvgIpc) is 1.97. The molecule has 0 unspecified atom stereocenters. The molecule has 0 atom stereocenters. The van der Waals surface area contributed by atoms with Crippen LogP contribution in [0.5, 0.6) is 0 Å². The van der Waals surface area contributed by atoms with Gasteiger partial charge in [-0.05, 0) is 27.7 Å². The summed E-state index contributed by atoms with van der Waals surface area (Å²) in [5.74, 6) is 0. The quantitative estimate of drug-likeness (QED) is 0.455. The monoisotopic (exact) mass is 165 g/mol. The van der Waals surface area contributed by atoms with Crippen LogP contribution in [0, 0.1) is 0 Å². The number of nitrogens with zero attached hydrogens (tertiary/aromatic N) is 3. The Hall–Kier alpha value is -1.25. The third-order valence-electron chi connectivity index (χ3n) is 0.944. The van der Waals surface area contributed by atoms with Crippen molar-refractivity contribution in [2.75, 3.05) is 0 Å². The first-order valence-electron chi connectivity index (χ1n) is 3.85. The molecule has 3 heteroatoms. The van der Waals surface area contributed by atoms with Gasteiger partial charge in [0.1, 0.15) is 6.34 Å². The van der Waals surface area contributed by atoms with Crippen molar-refractivity contribution < 1.29 is 0 Å². The lowest BCUT2D eigenvalue weighted by atomic mass is 10.4. The van der Waals surface area contributed by atoms with Gasteiger partial charge in [0.2, 0.25) is 0 Å². The molecule has 0 saturated heterocycles. The molecular weight excluding hydrogens is 150 g/mol. The second-order valence-electron chi connectivity index (χ2n) is 2.50. The molecular formula is C9H15N3. The molecule has 0 aliphatic heterocycles. The Morgan fingerprint density at radius 1 is 1.08 bits per heavy atom. The van der Waals surface area contributed by atoms with Crippen molar-refractivity contribution in [3.05, 3.63) is 11.9 Å². The van der Waals surface area contributed by atoms with Gasteiger partial charge in [-0.3, -0.25) is 4.99 Å². The number of allylic oxidation sites excluding steroid dienone is 1. The van der Waals surface area contributed by atoms with E-state index >= 15 is 0 Å². The summed E-state index contributed by atoms with van der Waals surface area (Å²) in [5.41, 5.74) is 1.91. The van der Waals surface area contributed by atoms with E-state index in [2.05, 4.69) is 15.0 Å². The van der Waals surface area contributed by atoms with Crippen LogP contribution in [0.2, 0.25) is 0 Å². The van der Waals surface area contributed by atoms with E-state index in [0.29, 0.717) is 0 Å². The van der Waals surface area contributed by atoms with Gasteiger partial charge in [0.25, 0.3) is 0 Å². The van der Waals surface area contributed by atoms with Crippen molar-refractivity contribution in [2.24, 2.45) is 15.0 Å². The Kier molecular flexibility index (Phi) is 5.79. The fraction of sp³-hybridized carbons (Fsp3) is 0.444.